The van der Waals surface area contributed by atoms with Gasteiger partial charge in [0.1, 0.15) is 4.83 Å². The summed E-state index contributed by atoms with van der Waals surface area (Å²) in [6.07, 6.45) is 1.49. The van der Waals surface area contributed by atoms with Crippen LogP contribution in [-0.2, 0) is 6.54 Å². The van der Waals surface area contributed by atoms with E-state index >= 15 is 0 Å². The van der Waals surface area contributed by atoms with Crippen molar-refractivity contribution in [2.45, 2.75) is 13.5 Å². The van der Waals surface area contributed by atoms with E-state index in [9.17, 15) is 4.79 Å². The number of aryl methyl sites for hydroxylation is 1. The minimum absolute atomic E-state index is 0.0210. The van der Waals surface area contributed by atoms with Crippen LogP contribution in [0.1, 0.15) is 11.4 Å². The third-order valence-corrected chi connectivity index (χ3v) is 5.23. The largest absolute Gasteiger partial charge is 0.368 e. The minimum Gasteiger partial charge on any atom is -0.368 e. The third kappa shape index (κ3) is 2.78. The van der Waals surface area contributed by atoms with E-state index in [1.165, 1.54) is 22.2 Å². The van der Waals surface area contributed by atoms with Gasteiger partial charge < -0.3 is 11.5 Å². The number of rotatable bonds is 3. The molecule has 0 atom stereocenters. The first-order valence-corrected chi connectivity index (χ1v) is 8.64. The Morgan fingerprint density at radius 2 is 1.77 bits per heavy atom. The average molecular weight is 365 g/mol. The average Bonchev–Trinajstić information content (AvgIpc) is 2.95. The fourth-order valence-corrected chi connectivity index (χ4v) is 3.96. The van der Waals surface area contributed by atoms with Crippen molar-refractivity contribution >= 4 is 33.5 Å². The van der Waals surface area contributed by atoms with Gasteiger partial charge in [-0.1, -0.05) is 30.3 Å². The smallest absolute Gasteiger partial charge is 0.262 e. The van der Waals surface area contributed by atoms with Gasteiger partial charge in [0.25, 0.3) is 5.56 Å². The molecule has 3 heterocycles. The number of hydrogen-bond donors (Lipinski definition) is 2. The molecule has 1 aromatic carbocycles. The maximum absolute atomic E-state index is 13.0. The Kier molecular flexibility index (Phi) is 3.85. The van der Waals surface area contributed by atoms with Gasteiger partial charge in [-0.25, -0.2) is 4.98 Å². The van der Waals surface area contributed by atoms with E-state index in [1.54, 1.807) is 0 Å². The lowest BCUT2D eigenvalue weighted by Gasteiger charge is -2.05. The predicted molar refractivity (Wildman–Crippen MR) is 102 cm³/mol. The lowest BCUT2D eigenvalue weighted by molar-refractivity contribution is 0.704. The SMILES string of the molecule is Cc1c(-c2ccccc2)sc2ncn(Cc3nc(N)nc(N)n3)c(=O)c12. The van der Waals surface area contributed by atoms with Crippen molar-refractivity contribution < 1.29 is 0 Å². The Morgan fingerprint density at radius 1 is 1.08 bits per heavy atom. The fourth-order valence-electron chi connectivity index (χ4n) is 2.82. The molecule has 0 aliphatic rings. The lowest BCUT2D eigenvalue weighted by atomic mass is 10.1. The van der Waals surface area contributed by atoms with Crippen molar-refractivity contribution in [1.29, 1.82) is 0 Å². The maximum Gasteiger partial charge on any atom is 0.262 e. The molecule has 0 aliphatic heterocycles. The highest BCUT2D eigenvalue weighted by Gasteiger charge is 2.16. The molecule has 26 heavy (non-hydrogen) atoms. The van der Waals surface area contributed by atoms with Gasteiger partial charge >= 0.3 is 0 Å². The summed E-state index contributed by atoms with van der Waals surface area (Å²) in [6.45, 7) is 2.06. The van der Waals surface area contributed by atoms with Crippen LogP contribution in [-0.4, -0.2) is 24.5 Å². The Hall–Kier alpha value is -3.33. The van der Waals surface area contributed by atoms with Crippen molar-refractivity contribution in [3.63, 3.8) is 0 Å². The standard InChI is InChI=1S/C17H15N7OS/c1-9-12-14(26-13(9)10-5-3-2-4-6-10)20-8-24(15(12)25)7-11-21-16(18)23-17(19)22-11/h2-6,8H,7H2,1H3,(H4,18,19,21,22,23). The van der Waals surface area contributed by atoms with E-state index in [0.29, 0.717) is 16.0 Å². The lowest BCUT2D eigenvalue weighted by Crippen LogP contribution is -2.22. The Balaban J connectivity index is 1.82. The highest BCUT2D eigenvalue weighted by molar-refractivity contribution is 7.22. The van der Waals surface area contributed by atoms with E-state index in [4.69, 9.17) is 11.5 Å². The molecule has 0 bridgehead atoms. The molecule has 9 heteroatoms. The monoisotopic (exact) mass is 365 g/mol. The molecule has 0 amide bonds. The Bertz CT molecular complexity index is 1150. The number of benzene rings is 1. The van der Waals surface area contributed by atoms with Crippen molar-refractivity contribution in [2.24, 2.45) is 0 Å². The van der Waals surface area contributed by atoms with E-state index in [-0.39, 0.29) is 24.0 Å². The zero-order valence-corrected chi connectivity index (χ0v) is 14.7. The third-order valence-electron chi connectivity index (χ3n) is 3.98. The second-order valence-electron chi connectivity index (χ2n) is 5.75. The molecule has 0 saturated heterocycles. The van der Waals surface area contributed by atoms with Crippen LogP contribution in [0.4, 0.5) is 11.9 Å². The molecular formula is C17H15N7OS. The molecule has 4 N–H and O–H groups in total. The minimum atomic E-state index is -0.150. The van der Waals surface area contributed by atoms with E-state index in [1.807, 2.05) is 37.3 Å². The second-order valence-corrected chi connectivity index (χ2v) is 6.75. The van der Waals surface area contributed by atoms with E-state index < -0.39 is 0 Å². The van der Waals surface area contributed by atoms with Crippen LogP contribution in [0.2, 0.25) is 0 Å². The van der Waals surface area contributed by atoms with Gasteiger partial charge in [0.05, 0.1) is 18.3 Å². The summed E-state index contributed by atoms with van der Waals surface area (Å²) in [5.74, 6) is 0.356. The number of anilines is 2. The number of fused-ring (bicyclic) bond motifs is 1. The predicted octanol–water partition coefficient (Wildman–Crippen LogP) is 1.83. The normalized spacial score (nSPS) is 11.1. The van der Waals surface area contributed by atoms with E-state index in [2.05, 4.69) is 19.9 Å². The van der Waals surface area contributed by atoms with E-state index in [0.717, 1.165) is 16.0 Å². The topological polar surface area (TPSA) is 126 Å². The summed E-state index contributed by atoms with van der Waals surface area (Å²) in [7, 11) is 0. The maximum atomic E-state index is 13.0. The molecule has 0 fully saturated rings. The summed E-state index contributed by atoms with van der Waals surface area (Å²) >= 11 is 1.51. The number of aromatic nitrogens is 5. The summed E-state index contributed by atoms with van der Waals surface area (Å²) in [5.41, 5.74) is 13.0. The highest BCUT2D eigenvalue weighted by atomic mass is 32.1. The molecule has 130 valence electrons. The number of hydrogen-bond acceptors (Lipinski definition) is 8. The highest BCUT2D eigenvalue weighted by Crippen LogP contribution is 2.35. The Labute approximate surface area is 152 Å². The van der Waals surface area contributed by atoms with Gasteiger partial charge in [0, 0.05) is 4.88 Å². The van der Waals surface area contributed by atoms with Crippen LogP contribution < -0.4 is 17.0 Å². The number of thiophene rings is 1. The Morgan fingerprint density at radius 3 is 2.46 bits per heavy atom. The summed E-state index contributed by atoms with van der Waals surface area (Å²) in [4.78, 5) is 30.9. The summed E-state index contributed by atoms with van der Waals surface area (Å²) in [5, 5.41) is 0.603. The van der Waals surface area contributed by atoms with Crippen molar-refractivity contribution in [3.05, 3.63) is 58.4 Å². The molecule has 0 saturated carbocycles. The molecule has 3 aromatic heterocycles. The summed E-state index contributed by atoms with van der Waals surface area (Å²) in [6, 6.07) is 9.95. The van der Waals surface area contributed by atoms with Crippen LogP contribution in [0.25, 0.3) is 20.7 Å². The quantitative estimate of drug-likeness (QED) is 0.567. The molecule has 0 unspecified atom stereocenters. The summed E-state index contributed by atoms with van der Waals surface area (Å²) < 4.78 is 1.45. The van der Waals surface area contributed by atoms with Crippen LogP contribution in [0, 0.1) is 6.92 Å². The van der Waals surface area contributed by atoms with Gasteiger partial charge in [0.15, 0.2) is 5.82 Å². The number of nitrogens with two attached hydrogens (primary N) is 2. The molecule has 0 aliphatic carbocycles. The molecule has 8 nitrogen and oxygen atoms in total. The molecule has 4 rings (SSSR count). The molecule has 4 aromatic rings. The van der Waals surface area contributed by atoms with Gasteiger partial charge in [-0.3, -0.25) is 9.36 Å². The van der Waals surface area contributed by atoms with Crippen LogP contribution in [0.5, 0.6) is 0 Å². The van der Waals surface area contributed by atoms with Gasteiger partial charge in [-0.2, -0.15) is 15.0 Å². The molecule has 0 radical (unpaired) electrons. The number of nitrogens with zero attached hydrogens (tertiary/aromatic N) is 5. The van der Waals surface area contributed by atoms with Crippen molar-refractivity contribution in [1.82, 2.24) is 24.5 Å². The second kappa shape index (κ2) is 6.19. The zero-order chi connectivity index (χ0) is 18.3. The molecule has 0 spiro atoms. The van der Waals surface area contributed by atoms with Crippen molar-refractivity contribution in [3.8, 4) is 10.4 Å². The number of nitrogen functional groups attached to an aromatic ring is 2. The zero-order valence-electron chi connectivity index (χ0n) is 13.9. The first-order chi connectivity index (χ1) is 12.5. The first kappa shape index (κ1) is 16.2. The van der Waals surface area contributed by atoms with Crippen LogP contribution in [0.3, 0.4) is 0 Å². The van der Waals surface area contributed by atoms with Gasteiger partial charge in [-0.15, -0.1) is 11.3 Å². The van der Waals surface area contributed by atoms with Gasteiger partial charge in [0.2, 0.25) is 11.9 Å². The van der Waals surface area contributed by atoms with Gasteiger partial charge in [-0.05, 0) is 18.1 Å². The molecular weight excluding hydrogens is 350 g/mol. The van der Waals surface area contributed by atoms with Crippen LogP contribution in [0.15, 0.2) is 41.5 Å². The fraction of sp³-hybridized carbons (Fsp3) is 0.118. The van der Waals surface area contributed by atoms with Crippen LogP contribution >= 0.6 is 11.3 Å². The van der Waals surface area contributed by atoms with Crippen molar-refractivity contribution in [2.75, 3.05) is 11.5 Å². The first-order valence-electron chi connectivity index (χ1n) is 7.83.